The minimum absolute atomic E-state index is 0.114. The molecule has 1 nitrogen and oxygen atoms in total. The molecule has 94 valence electrons. The van der Waals surface area contributed by atoms with Gasteiger partial charge in [-0.15, -0.1) is 11.3 Å². The van der Waals surface area contributed by atoms with E-state index in [1.54, 1.807) is 11.3 Å². The molecule has 0 saturated carbocycles. The number of ketones is 1. The highest BCUT2D eigenvalue weighted by Crippen LogP contribution is 2.33. The zero-order valence-electron chi connectivity index (χ0n) is 10.0. The first-order valence-electron chi connectivity index (χ1n) is 5.97. The summed E-state index contributed by atoms with van der Waals surface area (Å²) in [5.74, 6) is 0.114. The van der Waals surface area contributed by atoms with Crippen LogP contribution in [0.1, 0.15) is 20.7 Å². The number of hydrogen-bond acceptors (Lipinski definition) is 2. The third kappa shape index (κ3) is 2.36. The van der Waals surface area contributed by atoms with Crippen molar-refractivity contribution in [1.82, 2.24) is 0 Å². The van der Waals surface area contributed by atoms with E-state index in [1.165, 1.54) is 0 Å². The van der Waals surface area contributed by atoms with Gasteiger partial charge in [0.05, 0.1) is 0 Å². The molecule has 0 aliphatic rings. The number of Topliss-reactive ketones (excluding diaryl/α,β-unsaturated/α-hetero) is 1. The minimum atomic E-state index is -0.285. The van der Waals surface area contributed by atoms with Crippen molar-refractivity contribution in [2.45, 2.75) is 4.83 Å². The van der Waals surface area contributed by atoms with Crippen molar-refractivity contribution in [3.63, 3.8) is 0 Å². The molecule has 1 atom stereocenters. The summed E-state index contributed by atoms with van der Waals surface area (Å²) in [4.78, 5) is 12.3. The van der Waals surface area contributed by atoms with Crippen molar-refractivity contribution < 1.29 is 4.79 Å². The Bertz CT molecular complexity index is 718. The topological polar surface area (TPSA) is 17.1 Å². The van der Waals surface area contributed by atoms with Crippen LogP contribution in [-0.4, -0.2) is 5.78 Å². The predicted octanol–water partition coefficient (Wildman–Crippen LogP) is 5.22. The molecule has 2 aromatic carbocycles. The Morgan fingerprint density at radius 2 is 1.68 bits per heavy atom. The van der Waals surface area contributed by atoms with Gasteiger partial charge in [-0.2, -0.15) is 0 Å². The summed E-state index contributed by atoms with van der Waals surface area (Å²) in [6.07, 6.45) is 0. The van der Waals surface area contributed by atoms with E-state index >= 15 is 0 Å². The van der Waals surface area contributed by atoms with E-state index in [0.717, 1.165) is 21.2 Å². The molecule has 3 heteroatoms. The van der Waals surface area contributed by atoms with E-state index in [9.17, 15) is 4.79 Å². The number of alkyl halides is 1. The molecule has 0 saturated heterocycles. The number of benzene rings is 2. The summed E-state index contributed by atoms with van der Waals surface area (Å²) in [7, 11) is 0. The Hall–Kier alpha value is -1.45. The standard InChI is InChI=1S/C16H11BrOS/c17-15(11-6-2-1-3-7-11)16(18)13-10-19-14-9-5-4-8-12(13)14/h1-10,15H. The van der Waals surface area contributed by atoms with E-state index in [-0.39, 0.29) is 10.6 Å². The molecule has 0 N–H and O–H groups in total. The number of halogens is 1. The van der Waals surface area contributed by atoms with Gasteiger partial charge in [-0.05, 0) is 11.6 Å². The lowest BCUT2D eigenvalue weighted by Gasteiger charge is -2.08. The van der Waals surface area contributed by atoms with Crippen LogP contribution < -0.4 is 0 Å². The molecule has 0 bridgehead atoms. The van der Waals surface area contributed by atoms with E-state index in [2.05, 4.69) is 15.9 Å². The summed E-state index contributed by atoms with van der Waals surface area (Å²) >= 11 is 5.13. The average Bonchev–Trinajstić information content (AvgIpc) is 2.90. The molecule has 0 aliphatic heterocycles. The zero-order chi connectivity index (χ0) is 13.2. The third-order valence-electron chi connectivity index (χ3n) is 3.07. The zero-order valence-corrected chi connectivity index (χ0v) is 12.4. The van der Waals surface area contributed by atoms with Crippen molar-refractivity contribution in [1.29, 1.82) is 0 Å². The lowest BCUT2D eigenvalue weighted by atomic mass is 10.0. The van der Waals surface area contributed by atoms with Crippen molar-refractivity contribution in [2.75, 3.05) is 0 Å². The highest BCUT2D eigenvalue weighted by atomic mass is 79.9. The first kappa shape index (κ1) is 12.6. The van der Waals surface area contributed by atoms with Crippen LogP contribution in [0.15, 0.2) is 60.0 Å². The van der Waals surface area contributed by atoms with Crippen molar-refractivity contribution >= 4 is 43.1 Å². The van der Waals surface area contributed by atoms with E-state index in [4.69, 9.17) is 0 Å². The number of thiophene rings is 1. The minimum Gasteiger partial charge on any atom is -0.292 e. The second-order valence-electron chi connectivity index (χ2n) is 4.28. The SMILES string of the molecule is O=C(c1csc2ccccc12)C(Br)c1ccccc1. The normalized spacial score (nSPS) is 12.5. The summed E-state index contributed by atoms with van der Waals surface area (Å²) in [6, 6.07) is 17.8. The fourth-order valence-electron chi connectivity index (χ4n) is 2.08. The van der Waals surface area contributed by atoms with Crippen LogP contribution in [0.4, 0.5) is 0 Å². The maximum Gasteiger partial charge on any atom is 0.182 e. The van der Waals surface area contributed by atoms with Crippen LogP contribution in [0.3, 0.4) is 0 Å². The van der Waals surface area contributed by atoms with Gasteiger partial charge in [-0.1, -0.05) is 64.5 Å². The van der Waals surface area contributed by atoms with Crippen molar-refractivity contribution in [2.24, 2.45) is 0 Å². The molecule has 0 amide bonds. The first-order valence-corrected chi connectivity index (χ1v) is 7.76. The fourth-order valence-corrected chi connectivity index (χ4v) is 3.58. The van der Waals surface area contributed by atoms with E-state index in [0.29, 0.717) is 0 Å². The van der Waals surface area contributed by atoms with Crippen LogP contribution >= 0.6 is 27.3 Å². The molecular weight excluding hydrogens is 320 g/mol. The molecule has 1 unspecified atom stereocenters. The average molecular weight is 331 g/mol. The van der Waals surface area contributed by atoms with Gasteiger partial charge < -0.3 is 0 Å². The molecule has 0 fully saturated rings. The van der Waals surface area contributed by atoms with Gasteiger partial charge in [0.1, 0.15) is 4.83 Å². The molecule has 3 aromatic rings. The maximum absolute atomic E-state index is 12.6. The highest BCUT2D eigenvalue weighted by Gasteiger charge is 2.21. The Morgan fingerprint density at radius 3 is 2.47 bits per heavy atom. The largest absolute Gasteiger partial charge is 0.292 e. The second-order valence-corrected chi connectivity index (χ2v) is 6.11. The summed E-state index contributed by atoms with van der Waals surface area (Å²) in [5.41, 5.74) is 1.79. The summed E-state index contributed by atoms with van der Waals surface area (Å²) in [5, 5.41) is 2.99. The van der Waals surface area contributed by atoms with Gasteiger partial charge in [-0.3, -0.25) is 4.79 Å². The monoisotopic (exact) mass is 330 g/mol. The second kappa shape index (κ2) is 5.27. The van der Waals surface area contributed by atoms with Gasteiger partial charge in [0, 0.05) is 21.0 Å². The van der Waals surface area contributed by atoms with Gasteiger partial charge >= 0.3 is 0 Å². The van der Waals surface area contributed by atoms with Gasteiger partial charge in [0.2, 0.25) is 0 Å². The van der Waals surface area contributed by atoms with Gasteiger partial charge in [-0.25, -0.2) is 0 Å². The van der Waals surface area contributed by atoms with Crippen molar-refractivity contribution in [3.8, 4) is 0 Å². The predicted molar refractivity (Wildman–Crippen MR) is 84.3 cm³/mol. The number of hydrogen-bond donors (Lipinski definition) is 0. The van der Waals surface area contributed by atoms with Crippen LogP contribution in [0.25, 0.3) is 10.1 Å². The maximum atomic E-state index is 12.6. The number of carbonyl (C=O) groups is 1. The van der Waals surface area contributed by atoms with Crippen LogP contribution in [-0.2, 0) is 0 Å². The molecule has 19 heavy (non-hydrogen) atoms. The van der Waals surface area contributed by atoms with Gasteiger partial charge in [0.25, 0.3) is 0 Å². The summed E-state index contributed by atoms with van der Waals surface area (Å²) in [6.45, 7) is 0. The number of fused-ring (bicyclic) bond motifs is 1. The fraction of sp³-hybridized carbons (Fsp3) is 0.0625. The lowest BCUT2D eigenvalue weighted by Crippen LogP contribution is -2.06. The Kier molecular flexibility index (Phi) is 3.49. The smallest absolute Gasteiger partial charge is 0.182 e. The van der Waals surface area contributed by atoms with E-state index in [1.807, 2.05) is 60.0 Å². The number of carbonyl (C=O) groups excluding carboxylic acids is 1. The molecular formula is C16H11BrOS. The van der Waals surface area contributed by atoms with Crippen LogP contribution in [0.5, 0.6) is 0 Å². The van der Waals surface area contributed by atoms with Crippen LogP contribution in [0, 0.1) is 0 Å². The highest BCUT2D eigenvalue weighted by molar-refractivity contribution is 9.09. The number of rotatable bonds is 3. The Morgan fingerprint density at radius 1 is 1.00 bits per heavy atom. The first-order chi connectivity index (χ1) is 9.27. The van der Waals surface area contributed by atoms with Crippen LogP contribution in [0.2, 0.25) is 0 Å². The van der Waals surface area contributed by atoms with Crippen molar-refractivity contribution in [3.05, 3.63) is 71.1 Å². The molecule has 1 aromatic heterocycles. The Labute approximate surface area is 124 Å². The van der Waals surface area contributed by atoms with Gasteiger partial charge in [0.15, 0.2) is 5.78 Å². The molecule has 0 spiro atoms. The quantitative estimate of drug-likeness (QED) is 0.475. The molecule has 0 radical (unpaired) electrons. The third-order valence-corrected chi connectivity index (χ3v) is 4.98. The molecule has 1 heterocycles. The molecule has 0 aliphatic carbocycles. The van der Waals surface area contributed by atoms with E-state index < -0.39 is 0 Å². The molecule has 3 rings (SSSR count). The lowest BCUT2D eigenvalue weighted by molar-refractivity contribution is 0.0993. The summed E-state index contributed by atoms with van der Waals surface area (Å²) < 4.78 is 1.15. The Balaban J connectivity index is 2.00.